The summed E-state index contributed by atoms with van der Waals surface area (Å²) in [6.07, 6.45) is 2.20. The van der Waals surface area contributed by atoms with Crippen LogP contribution in [0, 0.1) is 12.8 Å². The van der Waals surface area contributed by atoms with Crippen molar-refractivity contribution >= 4 is 5.91 Å². The Morgan fingerprint density at radius 3 is 2.75 bits per heavy atom. The minimum absolute atomic E-state index is 0.0234. The van der Waals surface area contributed by atoms with Crippen molar-refractivity contribution in [1.29, 1.82) is 0 Å². The van der Waals surface area contributed by atoms with Crippen molar-refractivity contribution in [1.82, 2.24) is 15.6 Å². The van der Waals surface area contributed by atoms with Gasteiger partial charge >= 0.3 is 0 Å². The van der Waals surface area contributed by atoms with Crippen molar-refractivity contribution in [3.63, 3.8) is 0 Å². The van der Waals surface area contributed by atoms with E-state index in [1.54, 1.807) is 13.1 Å². The molecule has 2 heterocycles. The van der Waals surface area contributed by atoms with Gasteiger partial charge in [0.2, 0.25) is 5.76 Å². The third-order valence-corrected chi connectivity index (χ3v) is 3.87. The molecular formula is C16H23N3O5. The molecule has 0 fully saturated rings. The summed E-state index contributed by atoms with van der Waals surface area (Å²) in [5, 5.41) is 19.1. The third-order valence-electron chi connectivity index (χ3n) is 3.87. The first-order chi connectivity index (χ1) is 11.5. The number of rotatable bonds is 8. The Labute approximate surface area is 140 Å². The van der Waals surface area contributed by atoms with Crippen molar-refractivity contribution in [2.45, 2.75) is 46.3 Å². The molecule has 2 aromatic heterocycles. The monoisotopic (exact) mass is 337 g/mol. The summed E-state index contributed by atoms with van der Waals surface area (Å²) >= 11 is 0. The summed E-state index contributed by atoms with van der Waals surface area (Å²) in [5.74, 6) is 0.642. The maximum Gasteiger partial charge on any atom is 0.290 e. The van der Waals surface area contributed by atoms with Crippen LogP contribution in [-0.2, 0) is 0 Å². The molecule has 0 radical (unpaired) electrons. The standard InChI is InChI=1S/C16H23N3O5/c1-5-9(2)15(12-7-17-23-11(12)4)22-14-6-13(24-19-14)16(21)18-10(3)8-20/h6-7,9-10,15,20H,5,8H2,1-4H3,(H,18,21)/t9?,10?,15-/m0/s1. The lowest BCUT2D eigenvalue weighted by atomic mass is 9.96. The van der Waals surface area contributed by atoms with E-state index in [4.69, 9.17) is 18.9 Å². The maximum absolute atomic E-state index is 11.9. The summed E-state index contributed by atoms with van der Waals surface area (Å²) in [4.78, 5) is 11.9. The SMILES string of the molecule is CCC(C)[C@H](Oc1cc(C(=O)NC(C)CO)on1)c1cnoc1C. The highest BCUT2D eigenvalue weighted by Crippen LogP contribution is 2.31. The third kappa shape index (κ3) is 4.14. The number of ether oxygens (including phenoxy) is 1. The molecule has 0 spiro atoms. The number of carbonyl (C=O) groups is 1. The van der Waals surface area contributed by atoms with Gasteiger partial charge in [-0.25, -0.2) is 0 Å². The van der Waals surface area contributed by atoms with E-state index in [0.717, 1.165) is 12.0 Å². The first kappa shape index (κ1) is 18.0. The van der Waals surface area contributed by atoms with E-state index in [-0.39, 0.29) is 36.3 Å². The van der Waals surface area contributed by atoms with E-state index < -0.39 is 5.91 Å². The van der Waals surface area contributed by atoms with E-state index in [1.165, 1.54) is 6.07 Å². The largest absolute Gasteiger partial charge is 0.467 e. The molecule has 0 aliphatic rings. The molecule has 0 saturated heterocycles. The molecule has 1 amide bonds. The predicted molar refractivity (Wildman–Crippen MR) is 84.6 cm³/mol. The molecule has 0 aliphatic heterocycles. The van der Waals surface area contributed by atoms with Crippen molar-refractivity contribution < 1.29 is 23.7 Å². The van der Waals surface area contributed by atoms with Crippen LogP contribution in [0.4, 0.5) is 0 Å². The number of hydrogen-bond acceptors (Lipinski definition) is 7. The number of hydrogen-bond donors (Lipinski definition) is 2. The summed E-state index contributed by atoms with van der Waals surface area (Å²) in [6.45, 7) is 7.44. The average Bonchev–Trinajstić information content (AvgIpc) is 3.20. The molecule has 24 heavy (non-hydrogen) atoms. The molecule has 0 bridgehead atoms. The molecule has 0 aliphatic carbocycles. The number of aromatic nitrogens is 2. The Hall–Kier alpha value is -2.35. The highest BCUT2D eigenvalue weighted by atomic mass is 16.5. The number of amides is 1. The normalized spacial score (nSPS) is 14.9. The minimum Gasteiger partial charge on any atom is -0.467 e. The van der Waals surface area contributed by atoms with Gasteiger partial charge in [-0.15, -0.1) is 0 Å². The van der Waals surface area contributed by atoms with Crippen molar-refractivity contribution in [3.8, 4) is 5.88 Å². The van der Waals surface area contributed by atoms with Gasteiger partial charge in [-0.3, -0.25) is 4.79 Å². The summed E-state index contributed by atoms with van der Waals surface area (Å²) in [7, 11) is 0. The van der Waals surface area contributed by atoms with Crippen LogP contribution in [0.3, 0.4) is 0 Å². The lowest BCUT2D eigenvalue weighted by Crippen LogP contribution is -2.34. The van der Waals surface area contributed by atoms with Crippen LogP contribution in [0.25, 0.3) is 0 Å². The van der Waals surface area contributed by atoms with Crippen LogP contribution < -0.4 is 10.1 Å². The van der Waals surface area contributed by atoms with Gasteiger partial charge in [-0.05, 0) is 31.3 Å². The quantitative estimate of drug-likeness (QED) is 0.760. The van der Waals surface area contributed by atoms with Crippen LogP contribution >= 0.6 is 0 Å². The molecule has 2 N–H and O–H groups in total. The summed E-state index contributed by atoms with van der Waals surface area (Å²) in [5.41, 5.74) is 0.840. The predicted octanol–water partition coefficient (Wildman–Crippen LogP) is 2.25. The Balaban J connectivity index is 2.13. The van der Waals surface area contributed by atoms with Gasteiger partial charge in [-0.2, -0.15) is 0 Å². The molecule has 2 unspecified atom stereocenters. The Bertz CT molecular complexity index is 666. The number of aliphatic hydroxyl groups excluding tert-OH is 1. The number of nitrogens with zero attached hydrogens (tertiary/aromatic N) is 2. The number of aryl methyl sites for hydroxylation is 1. The lowest BCUT2D eigenvalue weighted by molar-refractivity contribution is 0.0883. The number of carbonyl (C=O) groups excluding carboxylic acids is 1. The van der Waals surface area contributed by atoms with E-state index in [0.29, 0.717) is 5.76 Å². The zero-order valence-electron chi connectivity index (χ0n) is 14.3. The maximum atomic E-state index is 11.9. The Kier molecular flexibility index (Phi) is 5.97. The molecule has 2 aromatic rings. The first-order valence-corrected chi connectivity index (χ1v) is 7.92. The van der Waals surface area contributed by atoms with Gasteiger partial charge in [-0.1, -0.05) is 19.0 Å². The number of nitrogens with one attached hydrogen (secondary N) is 1. The zero-order valence-corrected chi connectivity index (χ0v) is 14.3. The molecule has 2 rings (SSSR count). The Morgan fingerprint density at radius 2 is 2.17 bits per heavy atom. The molecule has 8 nitrogen and oxygen atoms in total. The second-order valence-electron chi connectivity index (χ2n) is 5.85. The van der Waals surface area contributed by atoms with E-state index in [9.17, 15) is 4.79 Å². The van der Waals surface area contributed by atoms with Crippen LogP contribution in [0.1, 0.15) is 55.2 Å². The van der Waals surface area contributed by atoms with Crippen molar-refractivity contribution in [2.75, 3.05) is 6.61 Å². The van der Waals surface area contributed by atoms with Gasteiger partial charge in [0.15, 0.2) is 0 Å². The fourth-order valence-electron chi connectivity index (χ4n) is 2.17. The molecule has 0 aromatic carbocycles. The van der Waals surface area contributed by atoms with Crippen LogP contribution in [0.15, 0.2) is 21.3 Å². The summed E-state index contributed by atoms with van der Waals surface area (Å²) in [6, 6.07) is 1.05. The lowest BCUT2D eigenvalue weighted by Gasteiger charge is -2.21. The van der Waals surface area contributed by atoms with Gasteiger partial charge < -0.3 is 24.2 Å². The first-order valence-electron chi connectivity index (χ1n) is 7.92. The van der Waals surface area contributed by atoms with Gasteiger partial charge in [0.1, 0.15) is 11.9 Å². The molecule has 8 heteroatoms. The van der Waals surface area contributed by atoms with Gasteiger partial charge in [0, 0.05) is 6.04 Å². The topological polar surface area (TPSA) is 111 Å². The van der Waals surface area contributed by atoms with Gasteiger partial charge in [0.05, 0.1) is 24.4 Å². The van der Waals surface area contributed by atoms with Crippen LogP contribution in [-0.4, -0.2) is 34.0 Å². The fourth-order valence-corrected chi connectivity index (χ4v) is 2.17. The highest BCUT2D eigenvalue weighted by molar-refractivity contribution is 5.91. The second kappa shape index (κ2) is 7.96. The van der Waals surface area contributed by atoms with Gasteiger partial charge in [0.25, 0.3) is 11.8 Å². The minimum atomic E-state index is -0.458. The van der Waals surface area contributed by atoms with E-state index >= 15 is 0 Å². The second-order valence-corrected chi connectivity index (χ2v) is 5.85. The number of aliphatic hydroxyl groups is 1. The molecule has 132 valence electrons. The summed E-state index contributed by atoms with van der Waals surface area (Å²) < 4.78 is 16.1. The average molecular weight is 337 g/mol. The zero-order chi connectivity index (χ0) is 17.7. The van der Waals surface area contributed by atoms with E-state index in [2.05, 4.69) is 22.6 Å². The Morgan fingerprint density at radius 1 is 1.42 bits per heavy atom. The van der Waals surface area contributed by atoms with Crippen molar-refractivity contribution in [2.24, 2.45) is 5.92 Å². The van der Waals surface area contributed by atoms with Crippen LogP contribution in [0.2, 0.25) is 0 Å². The van der Waals surface area contributed by atoms with Crippen molar-refractivity contribution in [3.05, 3.63) is 29.3 Å². The smallest absolute Gasteiger partial charge is 0.290 e. The molecule has 0 saturated carbocycles. The highest BCUT2D eigenvalue weighted by Gasteiger charge is 2.26. The molecular weight excluding hydrogens is 314 g/mol. The fraction of sp³-hybridized carbons (Fsp3) is 0.562. The van der Waals surface area contributed by atoms with E-state index in [1.807, 2.05) is 13.8 Å². The van der Waals surface area contributed by atoms with Crippen LogP contribution in [0.5, 0.6) is 5.88 Å². The molecule has 3 atom stereocenters.